The van der Waals surface area contributed by atoms with E-state index in [0.717, 1.165) is 33.4 Å². The highest BCUT2D eigenvalue weighted by atomic mass is 31.1. The van der Waals surface area contributed by atoms with E-state index in [-0.39, 0.29) is 33.2 Å². The molecule has 0 saturated heterocycles. The minimum absolute atomic E-state index is 0.253. The minimum Gasteiger partial charge on any atom is -0.507 e. The number of ketones is 2. The predicted molar refractivity (Wildman–Crippen MR) is 179 cm³/mol. The van der Waals surface area contributed by atoms with E-state index in [0.29, 0.717) is 0 Å². The van der Waals surface area contributed by atoms with E-state index >= 15 is 0 Å². The third-order valence-corrected chi connectivity index (χ3v) is 7.72. The lowest BCUT2D eigenvalue weighted by Gasteiger charge is -2.27. The van der Waals surface area contributed by atoms with Crippen LogP contribution < -0.4 is 0 Å². The van der Waals surface area contributed by atoms with Crippen molar-refractivity contribution in [2.75, 3.05) is 13.2 Å². The Morgan fingerprint density at radius 1 is 0.591 bits per heavy atom. The third kappa shape index (κ3) is 10.5. The van der Waals surface area contributed by atoms with Crippen LogP contribution in [0.4, 0.5) is 0 Å². The van der Waals surface area contributed by atoms with Crippen molar-refractivity contribution in [2.45, 2.75) is 105 Å². The second-order valence-electron chi connectivity index (χ2n) is 15.3. The van der Waals surface area contributed by atoms with E-state index in [4.69, 9.17) is 9.05 Å². The van der Waals surface area contributed by atoms with Gasteiger partial charge in [-0.05, 0) is 69.2 Å². The lowest BCUT2D eigenvalue weighted by molar-refractivity contribution is -0.116. The van der Waals surface area contributed by atoms with Crippen LogP contribution in [0, 0.1) is 0 Å². The Labute approximate surface area is 264 Å². The fourth-order valence-corrected chi connectivity index (χ4v) is 5.08. The second kappa shape index (κ2) is 13.9. The molecular weight excluding hydrogens is 575 g/mol. The Morgan fingerprint density at radius 2 is 0.841 bits per heavy atom. The summed E-state index contributed by atoms with van der Waals surface area (Å²) in [7, 11) is -2.69. The number of phenolic OH excluding ortho intramolecular Hbond substituents is 2. The quantitative estimate of drug-likeness (QED) is 0.200. The molecule has 2 rings (SSSR count). The lowest BCUT2D eigenvalue weighted by Crippen LogP contribution is -2.17. The summed E-state index contributed by atoms with van der Waals surface area (Å²) in [5.74, 6) is -0.351. The zero-order valence-electron chi connectivity index (χ0n) is 28.4. The fourth-order valence-electron chi connectivity index (χ4n) is 4.54. The van der Waals surface area contributed by atoms with Gasteiger partial charge < -0.3 is 10.2 Å². The smallest absolute Gasteiger partial charge is 0.507 e. The average Bonchev–Trinajstić information content (AvgIpc) is 2.86. The zero-order valence-corrected chi connectivity index (χ0v) is 29.3. The summed E-state index contributed by atoms with van der Waals surface area (Å²) in [5, 5.41) is 21.8. The van der Waals surface area contributed by atoms with Crippen LogP contribution in [-0.4, -0.2) is 35.0 Å². The normalized spacial score (nSPS) is 13.2. The van der Waals surface area contributed by atoms with Gasteiger partial charge in [-0.15, -0.1) is 9.05 Å². The molecule has 0 spiro atoms. The standard InChI is InChI=1S/C36H49O7P/c1-33(2,3)27-17-23(18-28(31(27)39)34(4,5)6)13-15-25(37)21-42-44(41)43-22-26(38)16-14-24-19-29(35(7,8)9)32(40)30(20-24)36(10,11)12/h13-20H,21-22H2,1-12H3,(H-,37,38,39,40)/p+1. The molecule has 8 heteroatoms. The highest BCUT2D eigenvalue weighted by molar-refractivity contribution is 7.33. The van der Waals surface area contributed by atoms with Crippen molar-refractivity contribution in [3.63, 3.8) is 0 Å². The number of carbonyl (C=O) groups excluding carboxylic acids is 2. The largest absolute Gasteiger partial charge is 0.698 e. The topological polar surface area (TPSA) is 110 Å². The van der Waals surface area contributed by atoms with Crippen molar-refractivity contribution in [3.05, 3.63) is 69.8 Å². The highest BCUT2D eigenvalue weighted by Crippen LogP contribution is 2.41. The highest BCUT2D eigenvalue weighted by Gasteiger charge is 2.28. The molecule has 0 aliphatic rings. The number of phenols is 2. The summed E-state index contributed by atoms with van der Waals surface area (Å²) in [4.78, 5) is 24.9. The average molecular weight is 626 g/mol. The molecule has 0 fully saturated rings. The maximum atomic E-state index is 12.4. The molecule has 0 atom stereocenters. The molecule has 0 unspecified atom stereocenters. The van der Waals surface area contributed by atoms with Crippen LogP contribution in [0.25, 0.3) is 12.2 Å². The molecule has 2 aromatic rings. The lowest BCUT2D eigenvalue weighted by atomic mass is 9.78. The van der Waals surface area contributed by atoms with Crippen molar-refractivity contribution < 1.29 is 33.4 Å². The Balaban J connectivity index is 2.02. The molecular formula is C36H50O7P+. The van der Waals surface area contributed by atoms with Gasteiger partial charge >= 0.3 is 8.25 Å². The number of hydrogen-bond acceptors (Lipinski definition) is 7. The van der Waals surface area contributed by atoms with E-state index in [1.807, 2.05) is 107 Å². The van der Waals surface area contributed by atoms with Crippen molar-refractivity contribution in [2.24, 2.45) is 0 Å². The molecule has 0 aliphatic heterocycles. The Bertz CT molecular complexity index is 1270. The second-order valence-corrected chi connectivity index (χ2v) is 16.3. The fraction of sp³-hybridized carbons (Fsp3) is 0.500. The summed E-state index contributed by atoms with van der Waals surface area (Å²) < 4.78 is 22.3. The third-order valence-electron chi connectivity index (χ3n) is 7.04. The van der Waals surface area contributed by atoms with Crippen LogP contribution in [-0.2, 0) is 44.9 Å². The van der Waals surface area contributed by atoms with E-state index < -0.39 is 33.0 Å². The van der Waals surface area contributed by atoms with E-state index in [2.05, 4.69) is 0 Å². The maximum absolute atomic E-state index is 12.4. The molecule has 240 valence electrons. The Morgan fingerprint density at radius 3 is 1.07 bits per heavy atom. The number of carbonyl (C=O) groups is 2. The van der Waals surface area contributed by atoms with E-state index in [1.165, 1.54) is 12.2 Å². The molecule has 0 radical (unpaired) electrons. The van der Waals surface area contributed by atoms with Gasteiger partial charge in [-0.2, -0.15) is 0 Å². The van der Waals surface area contributed by atoms with Crippen LogP contribution >= 0.6 is 8.25 Å². The molecule has 0 amide bonds. The van der Waals surface area contributed by atoms with Gasteiger partial charge in [0.1, 0.15) is 11.5 Å². The van der Waals surface area contributed by atoms with Gasteiger partial charge in [0.25, 0.3) is 0 Å². The van der Waals surface area contributed by atoms with Gasteiger partial charge in [-0.1, -0.05) is 95.2 Å². The molecule has 0 bridgehead atoms. The van der Waals surface area contributed by atoms with Crippen LogP contribution in [0.1, 0.15) is 116 Å². The number of rotatable bonds is 10. The maximum Gasteiger partial charge on any atom is 0.698 e. The number of aromatic hydroxyl groups is 2. The summed E-state index contributed by atoms with van der Waals surface area (Å²) in [5.41, 5.74) is 3.38. The SMILES string of the molecule is CC(C)(C)c1cc(/C=C/C(=O)CO[P+](=O)OCC(=O)/C=C/c2cc(C(C)(C)C)c(O)c(C(C)(C)C)c2)cc(C(C)(C)C)c1O. The van der Waals surface area contributed by atoms with Gasteiger partial charge in [-0.3, -0.25) is 9.59 Å². The van der Waals surface area contributed by atoms with Crippen LogP contribution in [0.15, 0.2) is 36.4 Å². The zero-order chi connectivity index (χ0) is 33.8. The molecule has 2 N–H and O–H groups in total. The van der Waals surface area contributed by atoms with Crippen molar-refractivity contribution in [3.8, 4) is 11.5 Å². The summed E-state index contributed by atoms with van der Waals surface area (Å²) in [6, 6.07) is 7.40. The molecule has 2 aromatic carbocycles. The van der Waals surface area contributed by atoms with Crippen molar-refractivity contribution in [1.82, 2.24) is 0 Å². The molecule has 0 saturated carbocycles. The summed E-state index contributed by atoms with van der Waals surface area (Å²) >= 11 is 0. The molecule has 7 nitrogen and oxygen atoms in total. The van der Waals surface area contributed by atoms with Crippen molar-refractivity contribution in [1.29, 1.82) is 0 Å². The van der Waals surface area contributed by atoms with Gasteiger partial charge in [0.15, 0.2) is 24.8 Å². The first-order chi connectivity index (χ1) is 19.9. The Hall–Kier alpha value is -3.12. The molecule has 0 aromatic heterocycles. The van der Waals surface area contributed by atoms with Gasteiger partial charge in [-0.25, -0.2) is 0 Å². The summed E-state index contributed by atoms with van der Waals surface area (Å²) in [6.45, 7) is 23.2. The van der Waals surface area contributed by atoms with Crippen molar-refractivity contribution >= 4 is 32.0 Å². The molecule has 0 heterocycles. The first-order valence-corrected chi connectivity index (χ1v) is 15.9. The first-order valence-electron chi connectivity index (χ1n) is 14.8. The number of hydrogen-bond donors (Lipinski definition) is 2. The summed E-state index contributed by atoms with van der Waals surface area (Å²) in [6.07, 6.45) is 5.93. The van der Waals surface area contributed by atoms with Crippen LogP contribution in [0.5, 0.6) is 11.5 Å². The Kier molecular flexibility index (Phi) is 11.7. The van der Waals surface area contributed by atoms with Gasteiger partial charge in [0.05, 0.1) is 0 Å². The van der Waals surface area contributed by atoms with E-state index in [1.54, 1.807) is 12.2 Å². The van der Waals surface area contributed by atoms with Crippen LogP contribution in [0.2, 0.25) is 0 Å². The van der Waals surface area contributed by atoms with E-state index in [9.17, 15) is 24.4 Å². The molecule has 44 heavy (non-hydrogen) atoms. The first kappa shape index (κ1) is 37.1. The van der Waals surface area contributed by atoms with Crippen LogP contribution in [0.3, 0.4) is 0 Å². The predicted octanol–water partition coefficient (Wildman–Crippen LogP) is 8.84. The monoisotopic (exact) mass is 625 g/mol. The minimum atomic E-state index is -2.69. The number of benzene rings is 2. The van der Waals surface area contributed by atoms with Gasteiger partial charge in [0.2, 0.25) is 0 Å². The molecule has 0 aliphatic carbocycles. The van der Waals surface area contributed by atoms with Gasteiger partial charge in [0, 0.05) is 26.8 Å².